The molecule has 6 heteroatoms. The quantitative estimate of drug-likeness (QED) is 0.397. The van der Waals surface area contributed by atoms with Gasteiger partial charge in [-0.3, -0.25) is 9.59 Å². The van der Waals surface area contributed by atoms with Gasteiger partial charge in [0.2, 0.25) is 0 Å². The van der Waals surface area contributed by atoms with Crippen LogP contribution in [-0.2, 0) is 23.8 Å². The SMILES string of the molecule is C=C1C(=O)[C@]23C[C@H]1C[C@@H](O)[C@H]2[C@@]1(COC3=O)[C@@H]2[C@H]3OC[C@]2(C)CC[C@H]1O3. The predicted octanol–water partition coefficient (Wildman–Crippen LogP) is 1.21. The summed E-state index contributed by atoms with van der Waals surface area (Å²) in [4.78, 5) is 26.2. The second kappa shape index (κ2) is 4.42. The van der Waals surface area contributed by atoms with Gasteiger partial charge in [0, 0.05) is 17.3 Å². The first-order valence-electron chi connectivity index (χ1n) is 9.70. The first-order chi connectivity index (χ1) is 12.3. The summed E-state index contributed by atoms with van der Waals surface area (Å²) in [6, 6.07) is 0. The van der Waals surface area contributed by atoms with Crippen LogP contribution in [0.5, 0.6) is 0 Å². The van der Waals surface area contributed by atoms with Crippen LogP contribution in [0.2, 0.25) is 0 Å². The molecule has 3 saturated heterocycles. The lowest BCUT2D eigenvalue weighted by Gasteiger charge is -2.59. The lowest BCUT2D eigenvalue weighted by Crippen LogP contribution is -2.68. The molecule has 0 aromatic heterocycles. The Balaban J connectivity index is 1.58. The van der Waals surface area contributed by atoms with Crippen LogP contribution in [0.25, 0.3) is 0 Å². The molecule has 0 aromatic rings. The number of esters is 1. The Kier molecular flexibility index (Phi) is 2.68. The highest BCUT2D eigenvalue weighted by molar-refractivity contribution is 6.15. The van der Waals surface area contributed by atoms with E-state index in [2.05, 4.69) is 13.5 Å². The highest BCUT2D eigenvalue weighted by Crippen LogP contribution is 2.72. The van der Waals surface area contributed by atoms with Gasteiger partial charge in [-0.05, 0) is 42.6 Å². The van der Waals surface area contributed by atoms with E-state index < -0.39 is 28.8 Å². The van der Waals surface area contributed by atoms with E-state index in [0.29, 0.717) is 25.0 Å². The molecule has 3 aliphatic carbocycles. The fourth-order valence-electron chi connectivity index (χ4n) is 7.75. The maximum Gasteiger partial charge on any atom is 0.320 e. The molecular weight excluding hydrogens is 336 g/mol. The number of hydrogen-bond acceptors (Lipinski definition) is 6. The first-order valence-corrected chi connectivity index (χ1v) is 9.70. The van der Waals surface area contributed by atoms with Crippen LogP contribution in [-0.4, -0.2) is 48.6 Å². The van der Waals surface area contributed by atoms with E-state index in [1.165, 1.54) is 0 Å². The maximum absolute atomic E-state index is 13.2. The summed E-state index contributed by atoms with van der Waals surface area (Å²) in [6.45, 7) is 6.99. The van der Waals surface area contributed by atoms with Crippen molar-refractivity contribution in [3.8, 4) is 0 Å². The fraction of sp³-hybridized carbons (Fsp3) is 0.800. The van der Waals surface area contributed by atoms with Crippen LogP contribution in [0.4, 0.5) is 0 Å². The van der Waals surface area contributed by atoms with Gasteiger partial charge in [-0.1, -0.05) is 13.5 Å². The highest BCUT2D eigenvalue weighted by Gasteiger charge is 2.80. The van der Waals surface area contributed by atoms with E-state index in [-0.39, 0.29) is 42.0 Å². The Bertz CT molecular complexity index is 761. The number of aliphatic hydroxyl groups is 1. The van der Waals surface area contributed by atoms with E-state index in [1.54, 1.807) is 0 Å². The van der Waals surface area contributed by atoms with Crippen LogP contribution in [0, 0.1) is 34.0 Å². The third-order valence-corrected chi connectivity index (χ3v) is 8.65. The normalized spacial score (nSPS) is 59.7. The summed E-state index contributed by atoms with van der Waals surface area (Å²) < 4.78 is 18.0. The van der Waals surface area contributed by atoms with Gasteiger partial charge in [0.1, 0.15) is 12.0 Å². The van der Waals surface area contributed by atoms with Crippen LogP contribution in [0.1, 0.15) is 32.6 Å². The summed E-state index contributed by atoms with van der Waals surface area (Å²) in [5.74, 6) is -1.24. The average molecular weight is 360 g/mol. The van der Waals surface area contributed by atoms with Crippen molar-refractivity contribution in [2.45, 2.75) is 51.1 Å². The number of rotatable bonds is 0. The first kappa shape index (κ1) is 15.8. The third kappa shape index (κ3) is 1.40. The highest BCUT2D eigenvalue weighted by atomic mass is 16.7. The number of aliphatic hydroxyl groups excluding tert-OH is 1. The molecule has 2 spiro atoms. The molecular formula is C20H24O6. The Morgan fingerprint density at radius 1 is 1.23 bits per heavy atom. The van der Waals surface area contributed by atoms with E-state index in [1.807, 2.05) is 0 Å². The zero-order valence-corrected chi connectivity index (χ0v) is 14.9. The molecule has 26 heavy (non-hydrogen) atoms. The predicted molar refractivity (Wildman–Crippen MR) is 87.6 cm³/mol. The van der Waals surface area contributed by atoms with Gasteiger partial charge < -0.3 is 19.3 Å². The van der Waals surface area contributed by atoms with Gasteiger partial charge in [0.05, 0.1) is 18.8 Å². The van der Waals surface area contributed by atoms with Crippen molar-refractivity contribution in [2.24, 2.45) is 34.0 Å². The number of ether oxygens (including phenoxy) is 3. The molecule has 3 saturated carbocycles. The molecule has 6 fully saturated rings. The summed E-state index contributed by atoms with van der Waals surface area (Å²) in [5.41, 5.74) is -1.42. The number of cyclic esters (lactones) is 1. The second-order valence-electron chi connectivity index (χ2n) is 9.67. The number of fused-ring (bicyclic) bond motifs is 1. The van der Waals surface area contributed by atoms with Crippen molar-refractivity contribution in [3.63, 3.8) is 0 Å². The molecule has 6 aliphatic rings. The molecule has 6 rings (SSSR count). The average Bonchev–Trinajstić information content (AvgIpc) is 3.12. The van der Waals surface area contributed by atoms with Crippen molar-refractivity contribution < 1.29 is 28.9 Å². The summed E-state index contributed by atoms with van der Waals surface area (Å²) in [6.07, 6.45) is 1.57. The zero-order valence-electron chi connectivity index (χ0n) is 14.9. The molecule has 0 radical (unpaired) electrons. The number of ketones is 1. The molecule has 9 atom stereocenters. The van der Waals surface area contributed by atoms with E-state index >= 15 is 0 Å². The largest absolute Gasteiger partial charge is 0.464 e. The molecule has 4 bridgehead atoms. The molecule has 0 amide bonds. The minimum atomic E-state index is -1.28. The van der Waals surface area contributed by atoms with Crippen LogP contribution >= 0.6 is 0 Å². The molecule has 0 aromatic carbocycles. The Morgan fingerprint density at radius 3 is 2.85 bits per heavy atom. The van der Waals surface area contributed by atoms with Gasteiger partial charge in [0.25, 0.3) is 0 Å². The lowest BCUT2D eigenvalue weighted by molar-refractivity contribution is -0.231. The molecule has 3 heterocycles. The zero-order chi connectivity index (χ0) is 18.1. The standard InChI is InChI=1S/C20H24O6/c1-9-10-5-11(21)13-19(6-10,15(9)22)17(23)25-8-20(13)12-3-4-18(2)7-24-16(26-12)14(18)20/h10-14,16,21H,1,3-8H2,2H3/t10-,11-,12-,13-,14-,16+,18+,19+,20+/m1/s1. The van der Waals surface area contributed by atoms with Crippen LogP contribution < -0.4 is 0 Å². The molecule has 6 nitrogen and oxygen atoms in total. The summed E-state index contributed by atoms with van der Waals surface area (Å²) >= 11 is 0. The number of Topliss-reactive ketones (excluding diaryl/α,β-unsaturated/α-hetero) is 1. The van der Waals surface area contributed by atoms with Crippen molar-refractivity contribution >= 4 is 11.8 Å². The number of hydrogen-bond donors (Lipinski definition) is 1. The van der Waals surface area contributed by atoms with Crippen molar-refractivity contribution in [2.75, 3.05) is 13.2 Å². The molecule has 3 aliphatic heterocycles. The van der Waals surface area contributed by atoms with Crippen molar-refractivity contribution in [1.29, 1.82) is 0 Å². The number of carbonyl (C=O) groups excluding carboxylic acids is 2. The number of allylic oxidation sites excluding steroid dienone is 1. The van der Waals surface area contributed by atoms with Gasteiger partial charge >= 0.3 is 5.97 Å². The minimum Gasteiger partial charge on any atom is -0.464 e. The van der Waals surface area contributed by atoms with Crippen molar-refractivity contribution in [3.05, 3.63) is 12.2 Å². The maximum atomic E-state index is 13.2. The monoisotopic (exact) mass is 360 g/mol. The van der Waals surface area contributed by atoms with E-state index in [9.17, 15) is 14.7 Å². The minimum absolute atomic E-state index is 0.0385. The Morgan fingerprint density at radius 2 is 2.04 bits per heavy atom. The van der Waals surface area contributed by atoms with Gasteiger partial charge in [0.15, 0.2) is 12.1 Å². The van der Waals surface area contributed by atoms with Crippen molar-refractivity contribution in [1.82, 2.24) is 0 Å². The smallest absolute Gasteiger partial charge is 0.320 e. The van der Waals surface area contributed by atoms with E-state index in [0.717, 1.165) is 12.8 Å². The van der Waals surface area contributed by atoms with Crippen LogP contribution in [0.15, 0.2) is 12.2 Å². The molecule has 0 unspecified atom stereocenters. The Hall–Kier alpha value is -1.24. The van der Waals surface area contributed by atoms with Crippen LogP contribution in [0.3, 0.4) is 0 Å². The summed E-state index contributed by atoms with van der Waals surface area (Å²) in [5, 5.41) is 11.2. The summed E-state index contributed by atoms with van der Waals surface area (Å²) in [7, 11) is 0. The topological polar surface area (TPSA) is 82.1 Å². The second-order valence-corrected chi connectivity index (χ2v) is 9.67. The molecule has 1 N–H and O–H groups in total. The van der Waals surface area contributed by atoms with E-state index in [4.69, 9.17) is 14.2 Å². The lowest BCUT2D eigenvalue weighted by atomic mass is 9.44. The third-order valence-electron chi connectivity index (χ3n) is 8.65. The number of carbonyl (C=O) groups is 2. The fourth-order valence-corrected chi connectivity index (χ4v) is 7.75. The van der Waals surface area contributed by atoms with Gasteiger partial charge in [-0.15, -0.1) is 0 Å². The van der Waals surface area contributed by atoms with Gasteiger partial charge in [-0.25, -0.2) is 0 Å². The molecule has 140 valence electrons. The van der Waals surface area contributed by atoms with Gasteiger partial charge in [-0.2, -0.15) is 0 Å². The Labute approximate surface area is 151 Å².